The maximum atomic E-state index is 13.4. The van der Waals surface area contributed by atoms with Crippen LogP contribution in [0.5, 0.6) is 11.5 Å². The summed E-state index contributed by atoms with van der Waals surface area (Å²) in [6.45, 7) is 0. The number of nitrogens with zero attached hydrogens (tertiary/aromatic N) is 1. The molecule has 5 nitrogen and oxygen atoms in total. The Labute approximate surface area is 138 Å². The lowest BCUT2D eigenvalue weighted by Crippen LogP contribution is -2.16. The largest absolute Gasteiger partial charge is 0.497 e. The molecule has 0 unspecified atom stereocenters. The number of aryl methyl sites for hydroxylation is 1. The molecule has 3 aromatic rings. The molecule has 1 N–H and O–H groups in total. The van der Waals surface area contributed by atoms with Crippen LogP contribution in [0.4, 0.5) is 10.1 Å². The fraction of sp³-hybridized carbons (Fsp3) is 0.167. The predicted molar refractivity (Wildman–Crippen MR) is 90.4 cm³/mol. The smallest absolute Gasteiger partial charge is 0.272 e. The van der Waals surface area contributed by atoms with Crippen molar-refractivity contribution in [2.24, 2.45) is 7.05 Å². The first-order valence-corrected chi connectivity index (χ1v) is 7.32. The highest BCUT2D eigenvalue weighted by Crippen LogP contribution is 2.30. The zero-order chi connectivity index (χ0) is 17.3. The van der Waals surface area contributed by atoms with Gasteiger partial charge in [-0.3, -0.25) is 4.79 Å². The van der Waals surface area contributed by atoms with Crippen molar-refractivity contribution < 1.29 is 18.7 Å². The average molecular weight is 328 g/mol. The summed E-state index contributed by atoms with van der Waals surface area (Å²) in [5, 5.41) is 3.48. The minimum Gasteiger partial charge on any atom is -0.497 e. The highest BCUT2D eigenvalue weighted by atomic mass is 19.1. The molecule has 0 fully saturated rings. The Balaban J connectivity index is 1.97. The van der Waals surface area contributed by atoms with Crippen LogP contribution in [0, 0.1) is 5.82 Å². The molecular formula is C18H17FN2O3. The van der Waals surface area contributed by atoms with E-state index in [-0.39, 0.29) is 11.7 Å². The number of nitrogens with one attached hydrogen (secondary N) is 1. The number of anilines is 1. The first-order chi connectivity index (χ1) is 11.5. The third-order valence-electron chi connectivity index (χ3n) is 3.89. The monoisotopic (exact) mass is 328 g/mol. The van der Waals surface area contributed by atoms with Gasteiger partial charge in [-0.15, -0.1) is 0 Å². The number of methoxy groups -OCH3 is 2. The summed E-state index contributed by atoms with van der Waals surface area (Å²) in [5.41, 5.74) is 1.69. The van der Waals surface area contributed by atoms with Crippen molar-refractivity contribution in [3.05, 3.63) is 54.0 Å². The number of ether oxygens (including phenoxy) is 2. The van der Waals surface area contributed by atoms with Crippen LogP contribution in [-0.2, 0) is 7.05 Å². The Morgan fingerprint density at radius 1 is 1.08 bits per heavy atom. The number of benzene rings is 2. The van der Waals surface area contributed by atoms with E-state index in [1.54, 1.807) is 49.1 Å². The van der Waals surface area contributed by atoms with Crippen LogP contribution < -0.4 is 14.8 Å². The van der Waals surface area contributed by atoms with Crippen LogP contribution in [0.3, 0.4) is 0 Å². The summed E-state index contributed by atoms with van der Waals surface area (Å²) in [5.74, 6) is 0.467. The molecule has 0 radical (unpaired) electrons. The van der Waals surface area contributed by atoms with Crippen molar-refractivity contribution in [2.45, 2.75) is 0 Å². The summed E-state index contributed by atoms with van der Waals surface area (Å²) in [6, 6.07) is 11.2. The van der Waals surface area contributed by atoms with Crippen LogP contribution in [-0.4, -0.2) is 24.7 Å². The molecule has 0 saturated carbocycles. The highest BCUT2D eigenvalue weighted by molar-refractivity contribution is 6.07. The summed E-state index contributed by atoms with van der Waals surface area (Å²) >= 11 is 0. The summed E-state index contributed by atoms with van der Waals surface area (Å²) in [4.78, 5) is 12.6. The van der Waals surface area contributed by atoms with Gasteiger partial charge in [0.1, 0.15) is 23.0 Å². The highest BCUT2D eigenvalue weighted by Gasteiger charge is 2.16. The maximum absolute atomic E-state index is 13.4. The molecule has 2 aromatic carbocycles. The van der Waals surface area contributed by atoms with E-state index in [1.807, 2.05) is 0 Å². The number of fused-ring (bicyclic) bond motifs is 1. The lowest BCUT2D eigenvalue weighted by atomic mass is 10.2. The molecule has 24 heavy (non-hydrogen) atoms. The number of amides is 1. The van der Waals surface area contributed by atoms with Crippen LogP contribution in [0.2, 0.25) is 0 Å². The molecule has 0 bridgehead atoms. The molecule has 1 aromatic heterocycles. The van der Waals surface area contributed by atoms with Gasteiger partial charge in [0, 0.05) is 24.0 Å². The minimum absolute atomic E-state index is 0.319. The molecule has 0 aliphatic heterocycles. The number of hydrogen-bond acceptors (Lipinski definition) is 3. The average Bonchev–Trinajstić information content (AvgIpc) is 2.90. The molecule has 3 rings (SSSR count). The van der Waals surface area contributed by atoms with Crippen molar-refractivity contribution in [1.29, 1.82) is 0 Å². The minimum atomic E-state index is -0.338. The third-order valence-corrected chi connectivity index (χ3v) is 3.89. The normalized spacial score (nSPS) is 10.7. The Morgan fingerprint density at radius 3 is 2.58 bits per heavy atom. The number of aromatic nitrogens is 1. The number of halogens is 1. The number of hydrogen-bond donors (Lipinski definition) is 1. The molecule has 0 aliphatic carbocycles. The van der Waals surface area contributed by atoms with Crippen LogP contribution in [0.1, 0.15) is 10.5 Å². The van der Waals surface area contributed by atoms with E-state index in [2.05, 4.69) is 5.32 Å². The van der Waals surface area contributed by atoms with Gasteiger partial charge in [0.25, 0.3) is 5.91 Å². The first-order valence-electron chi connectivity index (χ1n) is 7.32. The summed E-state index contributed by atoms with van der Waals surface area (Å²) in [6.07, 6.45) is 0. The van der Waals surface area contributed by atoms with E-state index in [9.17, 15) is 9.18 Å². The van der Waals surface area contributed by atoms with Gasteiger partial charge in [-0.05, 0) is 36.4 Å². The Kier molecular flexibility index (Phi) is 4.12. The van der Waals surface area contributed by atoms with Gasteiger partial charge in [0.2, 0.25) is 0 Å². The Hall–Kier alpha value is -3.02. The Bertz CT molecular complexity index is 918. The fourth-order valence-electron chi connectivity index (χ4n) is 2.64. The van der Waals surface area contributed by atoms with Crippen LogP contribution >= 0.6 is 0 Å². The zero-order valence-corrected chi connectivity index (χ0v) is 13.6. The van der Waals surface area contributed by atoms with E-state index in [1.165, 1.54) is 19.2 Å². The number of rotatable bonds is 4. The van der Waals surface area contributed by atoms with Crippen molar-refractivity contribution in [1.82, 2.24) is 4.57 Å². The molecule has 1 amide bonds. The third kappa shape index (κ3) is 2.78. The molecule has 0 saturated heterocycles. The summed E-state index contributed by atoms with van der Waals surface area (Å²) < 4.78 is 25.5. The van der Waals surface area contributed by atoms with Crippen molar-refractivity contribution in [2.75, 3.05) is 19.5 Å². The van der Waals surface area contributed by atoms with Crippen molar-refractivity contribution in [3.8, 4) is 11.5 Å². The quantitative estimate of drug-likeness (QED) is 0.796. The van der Waals surface area contributed by atoms with Gasteiger partial charge in [-0.1, -0.05) is 0 Å². The zero-order valence-electron chi connectivity index (χ0n) is 13.6. The lowest BCUT2D eigenvalue weighted by Gasteiger charge is -2.12. The second-order valence-corrected chi connectivity index (χ2v) is 5.31. The van der Waals surface area contributed by atoms with E-state index in [0.717, 1.165) is 5.52 Å². The molecule has 1 heterocycles. The first kappa shape index (κ1) is 15.9. The van der Waals surface area contributed by atoms with Gasteiger partial charge in [-0.25, -0.2) is 4.39 Å². The second kappa shape index (κ2) is 6.23. The topological polar surface area (TPSA) is 52.5 Å². The van der Waals surface area contributed by atoms with Crippen molar-refractivity contribution in [3.63, 3.8) is 0 Å². The Morgan fingerprint density at radius 2 is 1.88 bits per heavy atom. The number of carbonyl (C=O) groups is 1. The number of carbonyl (C=O) groups excluding carboxylic acids is 1. The van der Waals surface area contributed by atoms with Crippen LogP contribution in [0.25, 0.3) is 10.9 Å². The maximum Gasteiger partial charge on any atom is 0.272 e. The molecular weight excluding hydrogens is 311 g/mol. The molecule has 124 valence electrons. The second-order valence-electron chi connectivity index (χ2n) is 5.31. The van der Waals surface area contributed by atoms with Crippen LogP contribution in [0.15, 0.2) is 42.5 Å². The van der Waals surface area contributed by atoms with E-state index in [0.29, 0.717) is 28.3 Å². The molecule has 6 heteroatoms. The van der Waals surface area contributed by atoms with Gasteiger partial charge in [0.15, 0.2) is 0 Å². The molecule has 0 atom stereocenters. The van der Waals surface area contributed by atoms with Gasteiger partial charge in [0.05, 0.1) is 19.9 Å². The summed E-state index contributed by atoms with van der Waals surface area (Å²) in [7, 11) is 4.83. The van der Waals surface area contributed by atoms with Gasteiger partial charge in [-0.2, -0.15) is 0 Å². The molecule has 0 spiro atoms. The fourth-order valence-corrected chi connectivity index (χ4v) is 2.64. The predicted octanol–water partition coefficient (Wildman–Crippen LogP) is 3.59. The van der Waals surface area contributed by atoms with E-state index in [4.69, 9.17) is 9.47 Å². The van der Waals surface area contributed by atoms with Gasteiger partial charge < -0.3 is 19.4 Å². The lowest BCUT2D eigenvalue weighted by molar-refractivity contribution is 0.101. The SMILES string of the molecule is COc1ccc(OC)c(NC(=O)c2cc3cc(F)ccc3n2C)c1. The standard InChI is InChI=1S/C18H17FN2O3/c1-21-15-6-4-12(19)8-11(15)9-16(21)18(22)20-14-10-13(23-2)5-7-17(14)24-3/h4-10H,1-3H3,(H,20,22). The van der Waals surface area contributed by atoms with E-state index >= 15 is 0 Å². The van der Waals surface area contributed by atoms with Gasteiger partial charge >= 0.3 is 0 Å². The molecule has 0 aliphatic rings. The van der Waals surface area contributed by atoms with Crippen molar-refractivity contribution >= 4 is 22.5 Å². The van der Waals surface area contributed by atoms with E-state index < -0.39 is 0 Å².